The van der Waals surface area contributed by atoms with Gasteiger partial charge in [0.1, 0.15) is 24.1 Å². The fourth-order valence-electron chi connectivity index (χ4n) is 3.37. The summed E-state index contributed by atoms with van der Waals surface area (Å²) in [6, 6.07) is 8.41. The molecule has 0 saturated heterocycles. The summed E-state index contributed by atoms with van der Waals surface area (Å²) in [5, 5.41) is 25.2. The molecule has 1 unspecified atom stereocenters. The van der Waals surface area contributed by atoms with Gasteiger partial charge in [-0.05, 0) is 47.7 Å². The Balaban J connectivity index is 1.60. The van der Waals surface area contributed by atoms with Gasteiger partial charge in [-0.3, -0.25) is 5.32 Å². The first kappa shape index (κ1) is 27.1. The quantitative estimate of drug-likeness (QED) is 0.340. The van der Waals surface area contributed by atoms with Crippen LogP contribution in [0.1, 0.15) is 12.0 Å². The second-order valence-corrected chi connectivity index (χ2v) is 8.37. The van der Waals surface area contributed by atoms with Crippen LogP contribution in [-0.2, 0) is 11.3 Å². The number of amides is 3. The van der Waals surface area contributed by atoms with Gasteiger partial charge in [0.15, 0.2) is 0 Å². The van der Waals surface area contributed by atoms with E-state index < -0.39 is 42.5 Å². The van der Waals surface area contributed by atoms with Gasteiger partial charge < -0.3 is 25.2 Å². The van der Waals surface area contributed by atoms with E-state index in [4.69, 9.17) is 16.3 Å². The molecule has 3 rings (SSSR count). The molecule has 2 aromatic carbocycles. The van der Waals surface area contributed by atoms with Crippen molar-refractivity contribution in [3.63, 3.8) is 0 Å². The van der Waals surface area contributed by atoms with Gasteiger partial charge in [0.05, 0.1) is 23.8 Å². The van der Waals surface area contributed by atoms with Crippen LogP contribution in [0.15, 0.2) is 48.7 Å². The van der Waals surface area contributed by atoms with E-state index in [1.807, 2.05) is 0 Å². The van der Waals surface area contributed by atoms with Gasteiger partial charge in [-0.2, -0.15) is 0 Å². The van der Waals surface area contributed by atoms with Crippen LogP contribution in [-0.4, -0.2) is 64.6 Å². The van der Waals surface area contributed by atoms with E-state index in [9.17, 15) is 28.6 Å². The van der Waals surface area contributed by atoms with Crippen LogP contribution in [0.5, 0.6) is 0 Å². The number of nitrogens with zero attached hydrogens (tertiary/aromatic N) is 2. The van der Waals surface area contributed by atoms with Crippen molar-refractivity contribution in [1.29, 1.82) is 0 Å². The average molecular weight is 523 g/mol. The molecular formula is C24H25ClF2N4O5. The lowest BCUT2D eigenvalue weighted by molar-refractivity contribution is 0.0480. The number of hydrogen-bond acceptors (Lipinski definition) is 6. The van der Waals surface area contributed by atoms with E-state index in [2.05, 4.69) is 15.6 Å². The number of hydrogen-bond donors (Lipinski definition) is 4. The number of ether oxygens (including phenoxy) is 1. The van der Waals surface area contributed by atoms with Gasteiger partial charge in [0.25, 0.3) is 0 Å². The van der Waals surface area contributed by atoms with E-state index in [1.54, 1.807) is 12.1 Å². The van der Waals surface area contributed by atoms with E-state index in [0.29, 0.717) is 16.3 Å². The molecular weight excluding hydrogens is 498 g/mol. The lowest BCUT2D eigenvalue weighted by atomic mass is 10.1. The van der Waals surface area contributed by atoms with Crippen LogP contribution in [0.3, 0.4) is 0 Å². The number of aliphatic hydroxyl groups is 2. The fourth-order valence-corrected chi connectivity index (χ4v) is 3.56. The highest BCUT2D eigenvalue weighted by molar-refractivity contribution is 6.31. The number of aliphatic hydroxyl groups excluding tert-OH is 2. The number of rotatable bonds is 9. The van der Waals surface area contributed by atoms with Crippen molar-refractivity contribution >= 4 is 40.3 Å². The molecule has 3 amide bonds. The topological polar surface area (TPSA) is 124 Å². The summed E-state index contributed by atoms with van der Waals surface area (Å²) in [7, 11) is 1.41. The molecule has 36 heavy (non-hydrogen) atoms. The van der Waals surface area contributed by atoms with E-state index >= 15 is 0 Å². The van der Waals surface area contributed by atoms with Crippen molar-refractivity contribution < 1.29 is 33.3 Å². The largest absolute Gasteiger partial charge is 0.447 e. The van der Waals surface area contributed by atoms with Gasteiger partial charge in [-0.1, -0.05) is 23.7 Å². The maximum atomic E-state index is 13.6. The standard InChI is InChI=1S/C24H25ClF2N4O5/c1-31(23(34)29-11-15-3-2-4-20(27)22(15)25)18(9-19(33)12-32)13-36-24(35)30-21-8-16-7-17(26)6-5-14(16)10-28-21/h2-8,10,18-19,32-33H,9,11-13H2,1H3,(H,29,34)(H,28,30,35)/t18-,19?/m0/s1. The van der Waals surface area contributed by atoms with Gasteiger partial charge in [0, 0.05) is 25.2 Å². The first-order chi connectivity index (χ1) is 17.2. The van der Waals surface area contributed by atoms with Gasteiger partial charge in [-0.15, -0.1) is 0 Å². The molecule has 12 heteroatoms. The lowest BCUT2D eigenvalue weighted by Gasteiger charge is -2.29. The van der Waals surface area contributed by atoms with Crippen LogP contribution in [0.25, 0.3) is 10.8 Å². The maximum absolute atomic E-state index is 13.6. The van der Waals surface area contributed by atoms with Crippen molar-refractivity contribution in [3.8, 4) is 0 Å². The highest BCUT2D eigenvalue weighted by Crippen LogP contribution is 2.20. The summed E-state index contributed by atoms with van der Waals surface area (Å²) >= 11 is 5.91. The molecule has 9 nitrogen and oxygen atoms in total. The van der Waals surface area contributed by atoms with Crippen molar-refractivity contribution in [1.82, 2.24) is 15.2 Å². The Kier molecular flexibility index (Phi) is 9.34. The zero-order valence-corrected chi connectivity index (χ0v) is 20.0. The minimum atomic E-state index is -1.17. The normalized spacial score (nSPS) is 12.6. The summed E-state index contributed by atoms with van der Waals surface area (Å²) in [6.45, 7) is -0.949. The number of urea groups is 1. The predicted octanol–water partition coefficient (Wildman–Crippen LogP) is 3.67. The highest BCUT2D eigenvalue weighted by Gasteiger charge is 2.25. The second kappa shape index (κ2) is 12.4. The molecule has 0 aliphatic rings. The van der Waals surface area contributed by atoms with Crippen molar-refractivity contribution in [2.24, 2.45) is 0 Å². The fraction of sp³-hybridized carbons (Fsp3) is 0.292. The number of anilines is 1. The first-order valence-corrected chi connectivity index (χ1v) is 11.3. The summed E-state index contributed by atoms with van der Waals surface area (Å²) in [5.74, 6) is -0.928. The second-order valence-electron chi connectivity index (χ2n) is 7.99. The molecule has 192 valence electrons. The monoisotopic (exact) mass is 522 g/mol. The Morgan fingerprint density at radius 3 is 2.72 bits per heavy atom. The summed E-state index contributed by atoms with van der Waals surface area (Å²) < 4.78 is 32.3. The minimum absolute atomic E-state index is 0.0649. The molecule has 3 aromatic rings. The lowest BCUT2D eigenvalue weighted by Crippen LogP contribution is -2.47. The van der Waals surface area contributed by atoms with Crippen LogP contribution < -0.4 is 10.6 Å². The molecule has 1 aromatic heterocycles. The number of pyridine rings is 1. The molecule has 0 fully saturated rings. The van der Waals surface area contributed by atoms with E-state index in [0.717, 1.165) is 0 Å². The zero-order chi connectivity index (χ0) is 26.2. The third-order valence-electron chi connectivity index (χ3n) is 5.41. The predicted molar refractivity (Wildman–Crippen MR) is 130 cm³/mol. The number of fused-ring (bicyclic) bond motifs is 1. The summed E-state index contributed by atoms with van der Waals surface area (Å²) in [5.41, 5.74) is 0.365. The molecule has 0 bridgehead atoms. The molecule has 4 N–H and O–H groups in total. The Morgan fingerprint density at radius 2 is 1.97 bits per heavy atom. The zero-order valence-electron chi connectivity index (χ0n) is 19.2. The van der Waals surface area contributed by atoms with Gasteiger partial charge >= 0.3 is 12.1 Å². The molecule has 0 spiro atoms. The molecule has 1 heterocycles. The van der Waals surface area contributed by atoms with Crippen LogP contribution in [0.2, 0.25) is 5.02 Å². The molecule has 0 saturated carbocycles. The number of benzene rings is 2. The smallest absolute Gasteiger partial charge is 0.412 e. The number of nitrogens with one attached hydrogen (secondary N) is 2. The Morgan fingerprint density at radius 1 is 1.19 bits per heavy atom. The summed E-state index contributed by atoms with van der Waals surface area (Å²) in [6.07, 6.45) is -0.691. The number of carbonyl (C=O) groups excluding carboxylic acids is 2. The average Bonchev–Trinajstić information content (AvgIpc) is 2.86. The number of aromatic nitrogens is 1. The SMILES string of the molecule is CN(C(=O)NCc1cccc(F)c1Cl)[C@H](COC(=O)Nc1cc2cc(F)ccc2cn1)CC(O)CO. The highest BCUT2D eigenvalue weighted by atomic mass is 35.5. The summed E-state index contributed by atoms with van der Waals surface area (Å²) in [4.78, 5) is 30.2. The molecule has 2 atom stereocenters. The van der Waals surface area contributed by atoms with Crippen molar-refractivity contribution in [2.75, 3.05) is 25.6 Å². The first-order valence-electron chi connectivity index (χ1n) is 10.9. The third-order valence-corrected chi connectivity index (χ3v) is 5.83. The van der Waals surface area contributed by atoms with Gasteiger partial charge in [0.2, 0.25) is 0 Å². The van der Waals surface area contributed by atoms with Crippen LogP contribution in [0.4, 0.5) is 24.2 Å². The van der Waals surface area contributed by atoms with Gasteiger partial charge in [-0.25, -0.2) is 23.4 Å². The molecule has 0 radical (unpaired) electrons. The van der Waals surface area contributed by atoms with Crippen LogP contribution in [0, 0.1) is 11.6 Å². The van der Waals surface area contributed by atoms with Crippen molar-refractivity contribution in [2.45, 2.75) is 25.1 Å². The Bertz CT molecular complexity index is 1230. The number of likely N-dealkylation sites (N-methyl/N-ethyl adjacent to an activating group) is 1. The Hall–Kier alpha value is -3.54. The third kappa shape index (κ3) is 7.23. The molecule has 0 aliphatic carbocycles. The van der Waals surface area contributed by atoms with E-state index in [1.165, 1.54) is 48.5 Å². The van der Waals surface area contributed by atoms with E-state index in [-0.39, 0.29) is 30.4 Å². The molecule has 0 aliphatic heterocycles. The van der Waals surface area contributed by atoms with Crippen LogP contribution >= 0.6 is 11.6 Å². The minimum Gasteiger partial charge on any atom is -0.447 e. The maximum Gasteiger partial charge on any atom is 0.412 e. The number of carbonyl (C=O) groups is 2. The Labute approximate surface area is 210 Å². The van der Waals surface area contributed by atoms with Crippen molar-refractivity contribution in [3.05, 3.63) is 70.9 Å². The number of halogens is 3.